The molecule has 5 nitrogen and oxygen atoms in total. The molecular formula is C14H17Cl2NO4. The van der Waals surface area contributed by atoms with Gasteiger partial charge in [-0.05, 0) is 24.6 Å². The van der Waals surface area contributed by atoms with Gasteiger partial charge < -0.3 is 14.8 Å². The van der Waals surface area contributed by atoms with Crippen molar-refractivity contribution in [2.45, 2.75) is 18.9 Å². The van der Waals surface area contributed by atoms with Crippen molar-refractivity contribution in [3.8, 4) is 0 Å². The summed E-state index contributed by atoms with van der Waals surface area (Å²) in [6.45, 7) is 1.53. The Kier molecular flexibility index (Phi) is 6.45. The smallest absolute Gasteiger partial charge is 0.333 e. The molecule has 1 N–H and O–H groups in total. The van der Waals surface area contributed by atoms with Crippen molar-refractivity contribution in [2.24, 2.45) is 0 Å². The van der Waals surface area contributed by atoms with Crippen LogP contribution in [0.4, 0.5) is 0 Å². The number of carbonyl (C=O) groups is 2. The first-order chi connectivity index (χ1) is 9.82. The summed E-state index contributed by atoms with van der Waals surface area (Å²) < 4.78 is 9.64. The predicted octanol–water partition coefficient (Wildman–Crippen LogP) is 2.23. The van der Waals surface area contributed by atoms with Gasteiger partial charge in [0, 0.05) is 17.2 Å². The standard InChI is InChI=1S/C14H17Cl2NO4/c1-14(8-20-2,13(19)21-3)17-12(18)6-9-4-5-10(15)7-11(9)16/h4-5,7H,6,8H2,1-3H3,(H,17,18)/t14-/m0/s1. The van der Waals surface area contributed by atoms with E-state index in [1.165, 1.54) is 21.1 Å². The lowest BCUT2D eigenvalue weighted by molar-refractivity contribution is -0.152. The zero-order chi connectivity index (χ0) is 16.0. The minimum Gasteiger partial charge on any atom is -0.467 e. The van der Waals surface area contributed by atoms with E-state index in [1.807, 2.05) is 0 Å². The normalized spacial score (nSPS) is 13.4. The third-order valence-corrected chi connectivity index (χ3v) is 3.44. The summed E-state index contributed by atoms with van der Waals surface area (Å²) in [7, 11) is 2.68. The second-order valence-electron chi connectivity index (χ2n) is 4.72. The quantitative estimate of drug-likeness (QED) is 0.811. The van der Waals surface area contributed by atoms with Gasteiger partial charge in [-0.1, -0.05) is 29.3 Å². The molecule has 1 aromatic carbocycles. The number of hydrogen-bond acceptors (Lipinski definition) is 4. The molecule has 0 saturated carbocycles. The Morgan fingerprint density at radius 1 is 1.29 bits per heavy atom. The van der Waals surface area contributed by atoms with Gasteiger partial charge in [-0.2, -0.15) is 0 Å². The number of ether oxygens (including phenoxy) is 2. The third-order valence-electron chi connectivity index (χ3n) is 2.85. The van der Waals surface area contributed by atoms with Crippen LogP contribution in [-0.2, 0) is 25.5 Å². The maximum atomic E-state index is 12.1. The average molecular weight is 334 g/mol. The molecule has 0 aliphatic carbocycles. The summed E-state index contributed by atoms with van der Waals surface area (Å²) in [4.78, 5) is 23.9. The number of amides is 1. The van der Waals surface area contributed by atoms with E-state index in [-0.39, 0.29) is 18.9 Å². The van der Waals surface area contributed by atoms with Crippen LogP contribution in [0.5, 0.6) is 0 Å². The molecule has 0 fully saturated rings. The zero-order valence-electron chi connectivity index (χ0n) is 12.0. The molecule has 0 aliphatic rings. The topological polar surface area (TPSA) is 64.6 Å². The van der Waals surface area contributed by atoms with Crippen LogP contribution in [-0.4, -0.2) is 38.2 Å². The van der Waals surface area contributed by atoms with E-state index in [0.717, 1.165) is 0 Å². The highest BCUT2D eigenvalue weighted by Crippen LogP contribution is 2.21. The first-order valence-electron chi connectivity index (χ1n) is 6.14. The predicted molar refractivity (Wildman–Crippen MR) is 80.6 cm³/mol. The lowest BCUT2D eigenvalue weighted by Gasteiger charge is -2.27. The van der Waals surface area contributed by atoms with Crippen molar-refractivity contribution in [1.82, 2.24) is 5.32 Å². The largest absolute Gasteiger partial charge is 0.467 e. The summed E-state index contributed by atoms with van der Waals surface area (Å²) in [5.41, 5.74) is -0.636. The number of carbonyl (C=O) groups excluding carboxylic acids is 2. The van der Waals surface area contributed by atoms with Gasteiger partial charge in [-0.25, -0.2) is 4.79 Å². The maximum absolute atomic E-state index is 12.1. The van der Waals surface area contributed by atoms with E-state index < -0.39 is 11.5 Å². The van der Waals surface area contributed by atoms with Gasteiger partial charge in [0.05, 0.1) is 20.1 Å². The van der Waals surface area contributed by atoms with E-state index in [9.17, 15) is 9.59 Å². The Morgan fingerprint density at radius 3 is 2.48 bits per heavy atom. The summed E-state index contributed by atoms with van der Waals surface area (Å²) in [6.07, 6.45) is 0.0201. The summed E-state index contributed by atoms with van der Waals surface area (Å²) in [6, 6.07) is 4.86. The van der Waals surface area contributed by atoms with E-state index in [2.05, 4.69) is 10.1 Å². The fraction of sp³-hybridized carbons (Fsp3) is 0.429. The molecule has 0 radical (unpaired) electrons. The van der Waals surface area contributed by atoms with Crippen molar-refractivity contribution in [3.63, 3.8) is 0 Å². The van der Waals surface area contributed by atoms with Crippen LogP contribution in [0.2, 0.25) is 10.0 Å². The molecule has 1 aromatic rings. The number of halogens is 2. The Labute approximate surface area is 133 Å². The molecule has 0 spiro atoms. The molecule has 0 bridgehead atoms. The Balaban J connectivity index is 2.81. The van der Waals surface area contributed by atoms with E-state index >= 15 is 0 Å². The van der Waals surface area contributed by atoms with Crippen LogP contribution >= 0.6 is 23.2 Å². The number of nitrogens with one attached hydrogen (secondary N) is 1. The lowest BCUT2D eigenvalue weighted by atomic mass is 10.0. The summed E-state index contributed by atoms with van der Waals surface area (Å²) in [5, 5.41) is 3.49. The van der Waals surface area contributed by atoms with Gasteiger partial charge in [0.1, 0.15) is 0 Å². The Morgan fingerprint density at radius 2 is 1.95 bits per heavy atom. The van der Waals surface area contributed by atoms with Gasteiger partial charge in [0.15, 0.2) is 5.54 Å². The van der Waals surface area contributed by atoms with Gasteiger partial charge in [0.2, 0.25) is 5.91 Å². The molecule has 1 atom stereocenters. The molecule has 0 heterocycles. The van der Waals surface area contributed by atoms with Crippen LogP contribution in [0.15, 0.2) is 18.2 Å². The monoisotopic (exact) mass is 333 g/mol. The molecule has 116 valence electrons. The number of esters is 1. The highest BCUT2D eigenvalue weighted by molar-refractivity contribution is 6.35. The van der Waals surface area contributed by atoms with E-state index in [4.69, 9.17) is 27.9 Å². The second-order valence-corrected chi connectivity index (χ2v) is 5.56. The van der Waals surface area contributed by atoms with E-state index in [0.29, 0.717) is 15.6 Å². The van der Waals surface area contributed by atoms with Crippen molar-refractivity contribution in [1.29, 1.82) is 0 Å². The van der Waals surface area contributed by atoms with Crippen molar-refractivity contribution < 1.29 is 19.1 Å². The highest BCUT2D eigenvalue weighted by atomic mass is 35.5. The van der Waals surface area contributed by atoms with Gasteiger partial charge in [0.25, 0.3) is 0 Å². The fourth-order valence-electron chi connectivity index (χ4n) is 1.85. The van der Waals surface area contributed by atoms with Crippen molar-refractivity contribution in [3.05, 3.63) is 33.8 Å². The first kappa shape index (κ1) is 17.8. The second kappa shape index (κ2) is 7.64. The SMILES string of the molecule is COC[C@](C)(NC(=O)Cc1ccc(Cl)cc1Cl)C(=O)OC. The van der Waals surface area contributed by atoms with Gasteiger partial charge >= 0.3 is 5.97 Å². The zero-order valence-corrected chi connectivity index (χ0v) is 13.5. The average Bonchev–Trinajstić information content (AvgIpc) is 2.41. The third kappa shape index (κ3) is 4.88. The molecule has 0 unspecified atom stereocenters. The Bertz CT molecular complexity index is 536. The van der Waals surface area contributed by atoms with Crippen LogP contribution < -0.4 is 5.32 Å². The number of benzene rings is 1. The molecule has 0 saturated heterocycles. The van der Waals surface area contributed by atoms with Crippen LogP contribution in [0.1, 0.15) is 12.5 Å². The van der Waals surface area contributed by atoms with Crippen molar-refractivity contribution in [2.75, 3.05) is 20.8 Å². The lowest BCUT2D eigenvalue weighted by Crippen LogP contribution is -2.56. The Hall–Kier alpha value is -1.30. The highest BCUT2D eigenvalue weighted by Gasteiger charge is 2.36. The van der Waals surface area contributed by atoms with Gasteiger partial charge in [-0.15, -0.1) is 0 Å². The minimum atomic E-state index is -1.25. The molecule has 7 heteroatoms. The first-order valence-corrected chi connectivity index (χ1v) is 6.90. The number of hydrogen-bond donors (Lipinski definition) is 1. The number of methoxy groups -OCH3 is 2. The van der Waals surface area contributed by atoms with Crippen LogP contribution in [0.3, 0.4) is 0 Å². The van der Waals surface area contributed by atoms with E-state index in [1.54, 1.807) is 18.2 Å². The van der Waals surface area contributed by atoms with Gasteiger partial charge in [-0.3, -0.25) is 4.79 Å². The fourth-order valence-corrected chi connectivity index (χ4v) is 2.33. The molecule has 0 aromatic heterocycles. The number of rotatable bonds is 6. The summed E-state index contributed by atoms with van der Waals surface area (Å²) >= 11 is 11.8. The maximum Gasteiger partial charge on any atom is 0.333 e. The van der Waals surface area contributed by atoms with Crippen LogP contribution in [0.25, 0.3) is 0 Å². The molecule has 21 heavy (non-hydrogen) atoms. The molecular weight excluding hydrogens is 317 g/mol. The summed E-state index contributed by atoms with van der Waals surface area (Å²) in [5.74, 6) is -0.955. The van der Waals surface area contributed by atoms with Crippen LogP contribution in [0, 0.1) is 0 Å². The molecule has 1 rings (SSSR count). The molecule has 0 aliphatic heterocycles. The molecule has 1 amide bonds. The van der Waals surface area contributed by atoms with Crippen molar-refractivity contribution >= 4 is 35.1 Å². The minimum absolute atomic E-state index is 0.000235.